The third-order valence-corrected chi connectivity index (χ3v) is 3.68. The third kappa shape index (κ3) is 7.47. The van der Waals surface area contributed by atoms with E-state index in [1.165, 1.54) is 0 Å². The van der Waals surface area contributed by atoms with Crippen LogP contribution in [0.15, 0.2) is 0 Å². The molecule has 1 aliphatic heterocycles. The van der Waals surface area contributed by atoms with Crippen LogP contribution in [0.5, 0.6) is 0 Å². The Morgan fingerprint density at radius 2 is 1.11 bits per heavy atom. The lowest BCUT2D eigenvalue weighted by molar-refractivity contribution is -0.138. The molecule has 1 fully saturated rings. The van der Waals surface area contributed by atoms with Crippen molar-refractivity contribution in [1.82, 2.24) is 19.6 Å². The summed E-state index contributed by atoms with van der Waals surface area (Å²) in [6, 6.07) is 0. The first-order valence-corrected chi connectivity index (χ1v) is 6.97. The van der Waals surface area contributed by atoms with Gasteiger partial charge >= 0.3 is 5.97 Å². The molecule has 0 aromatic heterocycles. The zero-order valence-corrected chi connectivity index (χ0v) is 12.5. The van der Waals surface area contributed by atoms with Gasteiger partial charge in [0.15, 0.2) is 0 Å². The van der Waals surface area contributed by atoms with Gasteiger partial charge in [-0.2, -0.15) is 0 Å². The molecular formula is C13H28N4O2. The van der Waals surface area contributed by atoms with E-state index in [0.717, 1.165) is 52.4 Å². The normalized spacial score (nSPS) is 23.7. The maximum atomic E-state index is 10.9. The molecule has 0 unspecified atom stereocenters. The van der Waals surface area contributed by atoms with E-state index in [9.17, 15) is 4.79 Å². The van der Waals surface area contributed by atoms with E-state index >= 15 is 0 Å². The summed E-state index contributed by atoms with van der Waals surface area (Å²) >= 11 is 0. The van der Waals surface area contributed by atoms with Crippen molar-refractivity contribution in [2.75, 3.05) is 80.0 Å². The predicted octanol–water partition coefficient (Wildman–Crippen LogP) is -0.818. The van der Waals surface area contributed by atoms with Crippen molar-refractivity contribution in [3.05, 3.63) is 0 Å². The summed E-state index contributed by atoms with van der Waals surface area (Å²) in [4.78, 5) is 19.8. The van der Waals surface area contributed by atoms with Crippen LogP contribution in [-0.2, 0) is 4.79 Å². The highest BCUT2D eigenvalue weighted by Crippen LogP contribution is 1.96. The highest BCUT2D eigenvalue weighted by molar-refractivity contribution is 5.69. The van der Waals surface area contributed by atoms with E-state index in [1.807, 2.05) is 4.90 Å². The SMILES string of the molecule is CN1CCN(C)CCN(CC(=O)O)CCN(C)CC1. The molecule has 1 rings (SSSR count). The molecule has 0 atom stereocenters. The zero-order chi connectivity index (χ0) is 14.3. The quantitative estimate of drug-likeness (QED) is 0.709. The Bertz CT molecular complexity index is 257. The Balaban J connectivity index is 2.52. The fourth-order valence-electron chi connectivity index (χ4n) is 2.10. The van der Waals surface area contributed by atoms with Crippen molar-refractivity contribution >= 4 is 5.97 Å². The van der Waals surface area contributed by atoms with E-state index in [4.69, 9.17) is 5.11 Å². The molecule has 112 valence electrons. The van der Waals surface area contributed by atoms with Gasteiger partial charge in [-0.1, -0.05) is 0 Å². The highest BCUT2D eigenvalue weighted by atomic mass is 16.4. The van der Waals surface area contributed by atoms with Crippen molar-refractivity contribution in [2.45, 2.75) is 0 Å². The van der Waals surface area contributed by atoms with Crippen LogP contribution >= 0.6 is 0 Å². The number of hydrogen-bond acceptors (Lipinski definition) is 5. The fraction of sp³-hybridized carbons (Fsp3) is 0.923. The van der Waals surface area contributed by atoms with Gasteiger partial charge in [0.2, 0.25) is 0 Å². The second-order valence-corrected chi connectivity index (χ2v) is 5.58. The average Bonchev–Trinajstić information content (AvgIpc) is 2.35. The topological polar surface area (TPSA) is 50.3 Å². The predicted molar refractivity (Wildman–Crippen MR) is 76.6 cm³/mol. The Morgan fingerprint density at radius 1 is 0.789 bits per heavy atom. The van der Waals surface area contributed by atoms with Gasteiger partial charge < -0.3 is 19.8 Å². The Kier molecular flexibility index (Phi) is 7.30. The standard InChI is InChI=1S/C13H28N4O2/c1-14-4-6-15(2)8-10-17(12-13(18)19)11-9-16(3)7-5-14/h4-12H2,1-3H3,(H,18,19). The molecule has 0 spiro atoms. The zero-order valence-electron chi connectivity index (χ0n) is 12.5. The van der Waals surface area contributed by atoms with Crippen LogP contribution in [-0.4, -0.2) is 111 Å². The van der Waals surface area contributed by atoms with Gasteiger partial charge in [-0.05, 0) is 21.1 Å². The van der Waals surface area contributed by atoms with Crippen LogP contribution in [0.2, 0.25) is 0 Å². The van der Waals surface area contributed by atoms with Crippen LogP contribution in [0.25, 0.3) is 0 Å². The Labute approximate surface area is 116 Å². The van der Waals surface area contributed by atoms with Crippen molar-refractivity contribution in [3.63, 3.8) is 0 Å². The van der Waals surface area contributed by atoms with E-state index in [0.29, 0.717) is 0 Å². The molecule has 0 saturated carbocycles. The first-order valence-electron chi connectivity index (χ1n) is 6.97. The van der Waals surface area contributed by atoms with E-state index < -0.39 is 5.97 Å². The van der Waals surface area contributed by atoms with Crippen molar-refractivity contribution < 1.29 is 9.90 Å². The average molecular weight is 272 g/mol. The molecule has 0 aromatic carbocycles. The first kappa shape index (κ1) is 16.4. The van der Waals surface area contributed by atoms with E-state index in [2.05, 4.69) is 35.8 Å². The summed E-state index contributed by atoms with van der Waals surface area (Å²) < 4.78 is 0. The highest BCUT2D eigenvalue weighted by Gasteiger charge is 2.13. The minimum atomic E-state index is -0.739. The largest absolute Gasteiger partial charge is 0.480 e. The summed E-state index contributed by atoms with van der Waals surface area (Å²) in [5, 5.41) is 8.95. The molecule has 0 aromatic rings. The molecular weight excluding hydrogens is 244 g/mol. The Hall–Kier alpha value is -0.690. The number of likely N-dealkylation sites (N-methyl/N-ethyl adjacent to an activating group) is 3. The second-order valence-electron chi connectivity index (χ2n) is 5.58. The number of rotatable bonds is 2. The van der Waals surface area contributed by atoms with Gasteiger partial charge in [-0.3, -0.25) is 9.69 Å². The third-order valence-electron chi connectivity index (χ3n) is 3.68. The van der Waals surface area contributed by atoms with Crippen LogP contribution in [0.3, 0.4) is 0 Å². The lowest BCUT2D eigenvalue weighted by atomic mass is 10.3. The van der Waals surface area contributed by atoms with E-state index in [-0.39, 0.29) is 6.54 Å². The molecule has 0 aliphatic carbocycles. The maximum absolute atomic E-state index is 10.9. The summed E-state index contributed by atoms with van der Waals surface area (Å²) in [7, 11) is 6.36. The first-order chi connectivity index (χ1) is 8.97. The molecule has 1 saturated heterocycles. The van der Waals surface area contributed by atoms with Crippen LogP contribution in [0.4, 0.5) is 0 Å². The van der Waals surface area contributed by atoms with Gasteiger partial charge in [0.05, 0.1) is 6.54 Å². The van der Waals surface area contributed by atoms with Gasteiger partial charge in [-0.25, -0.2) is 0 Å². The van der Waals surface area contributed by atoms with Gasteiger partial charge in [0, 0.05) is 52.4 Å². The van der Waals surface area contributed by atoms with Crippen molar-refractivity contribution in [3.8, 4) is 0 Å². The number of hydrogen-bond donors (Lipinski definition) is 1. The molecule has 0 bridgehead atoms. The molecule has 0 amide bonds. The minimum absolute atomic E-state index is 0.140. The van der Waals surface area contributed by atoms with Crippen molar-refractivity contribution in [1.29, 1.82) is 0 Å². The smallest absolute Gasteiger partial charge is 0.317 e. The molecule has 6 heteroatoms. The molecule has 0 radical (unpaired) electrons. The summed E-state index contributed by atoms with van der Waals surface area (Å²) in [6.07, 6.45) is 0. The van der Waals surface area contributed by atoms with Crippen LogP contribution < -0.4 is 0 Å². The molecule has 19 heavy (non-hydrogen) atoms. The van der Waals surface area contributed by atoms with E-state index in [1.54, 1.807) is 0 Å². The minimum Gasteiger partial charge on any atom is -0.480 e. The number of aliphatic carboxylic acids is 1. The summed E-state index contributed by atoms with van der Waals surface area (Å²) in [5.41, 5.74) is 0. The number of carbonyl (C=O) groups is 1. The molecule has 1 aliphatic rings. The number of carboxylic acid groups (broad SMARTS) is 1. The molecule has 6 nitrogen and oxygen atoms in total. The monoisotopic (exact) mass is 272 g/mol. The van der Waals surface area contributed by atoms with Crippen LogP contribution in [0, 0.1) is 0 Å². The lowest BCUT2D eigenvalue weighted by Gasteiger charge is -2.30. The molecule has 1 N–H and O–H groups in total. The molecule has 1 heterocycles. The maximum Gasteiger partial charge on any atom is 0.317 e. The number of carboxylic acids is 1. The van der Waals surface area contributed by atoms with Gasteiger partial charge in [0.25, 0.3) is 0 Å². The summed E-state index contributed by atoms with van der Waals surface area (Å²) in [6.45, 7) is 7.80. The lowest BCUT2D eigenvalue weighted by Crippen LogP contribution is -2.44. The Morgan fingerprint density at radius 3 is 1.42 bits per heavy atom. The summed E-state index contributed by atoms with van der Waals surface area (Å²) in [5.74, 6) is -0.739. The van der Waals surface area contributed by atoms with Gasteiger partial charge in [0.1, 0.15) is 0 Å². The number of nitrogens with zero attached hydrogens (tertiary/aromatic N) is 4. The fourth-order valence-corrected chi connectivity index (χ4v) is 2.10. The van der Waals surface area contributed by atoms with Gasteiger partial charge in [-0.15, -0.1) is 0 Å². The van der Waals surface area contributed by atoms with Crippen molar-refractivity contribution in [2.24, 2.45) is 0 Å². The van der Waals surface area contributed by atoms with Crippen LogP contribution in [0.1, 0.15) is 0 Å². The second kappa shape index (κ2) is 8.47.